The molecule has 3 bridgehead atoms. The zero-order chi connectivity index (χ0) is 21.6. The largest absolute Gasteiger partial charge is 0.481 e. The second-order valence-electron chi connectivity index (χ2n) is 9.46. The van der Waals surface area contributed by atoms with Gasteiger partial charge in [0.2, 0.25) is 5.82 Å². The van der Waals surface area contributed by atoms with Crippen molar-refractivity contribution in [3.63, 3.8) is 0 Å². The first kappa shape index (κ1) is 18.4. The van der Waals surface area contributed by atoms with Gasteiger partial charge in [0.1, 0.15) is 11.2 Å². The molecule has 9 nitrogen and oxygen atoms in total. The monoisotopic (exact) mass is 449 g/mol. The summed E-state index contributed by atoms with van der Waals surface area (Å²) < 4.78 is 1.75. The summed E-state index contributed by atoms with van der Waals surface area (Å²) in [7, 11) is 0. The molecule has 0 aliphatic heterocycles. The molecule has 6 saturated carbocycles. The smallest absolute Gasteiger partial charge is 0.309 e. The first-order valence-corrected chi connectivity index (χ1v) is 11.2. The van der Waals surface area contributed by atoms with E-state index < -0.39 is 11.9 Å². The van der Waals surface area contributed by atoms with E-state index >= 15 is 0 Å². The van der Waals surface area contributed by atoms with E-state index in [0.717, 1.165) is 36.6 Å². The van der Waals surface area contributed by atoms with E-state index in [1.807, 2.05) is 18.3 Å². The lowest BCUT2D eigenvalue weighted by atomic mass is 9.38. The average Bonchev–Trinajstić information content (AvgIpc) is 3.39. The lowest BCUT2D eigenvalue weighted by Crippen LogP contribution is -2.67. The molecule has 0 aromatic carbocycles. The van der Waals surface area contributed by atoms with Gasteiger partial charge in [0.05, 0.1) is 16.3 Å². The minimum atomic E-state index is -0.704. The Balaban J connectivity index is 1.34. The van der Waals surface area contributed by atoms with Crippen LogP contribution in [0.4, 0.5) is 5.82 Å². The lowest BCUT2D eigenvalue weighted by molar-refractivity contribution is -0.189. The Labute approximate surface area is 187 Å². The number of carboxylic acids is 1. The molecule has 0 saturated heterocycles. The second kappa shape index (κ2) is 6.19. The Morgan fingerprint density at radius 2 is 2.25 bits per heavy atom. The van der Waals surface area contributed by atoms with Crippen molar-refractivity contribution in [1.29, 1.82) is 0 Å². The predicted octanol–water partition coefficient (Wildman–Crippen LogP) is 3.62. The highest BCUT2D eigenvalue weighted by molar-refractivity contribution is 6.31. The maximum atomic E-state index is 12.3. The summed E-state index contributed by atoms with van der Waals surface area (Å²) in [6.45, 7) is 0. The molecule has 10 rings (SSSR count). The maximum absolute atomic E-state index is 12.3. The molecule has 4 heterocycles. The van der Waals surface area contributed by atoms with Gasteiger partial charge in [0.25, 0.3) is 0 Å². The van der Waals surface area contributed by atoms with Crippen LogP contribution >= 0.6 is 11.6 Å². The third-order valence-corrected chi connectivity index (χ3v) is 8.16. The minimum Gasteiger partial charge on any atom is -0.481 e. The first-order chi connectivity index (χ1) is 15.5. The van der Waals surface area contributed by atoms with Gasteiger partial charge < -0.3 is 10.4 Å². The van der Waals surface area contributed by atoms with Crippen molar-refractivity contribution in [1.82, 2.24) is 29.8 Å². The molecule has 162 valence electrons. The number of aromatic amines is 1. The van der Waals surface area contributed by atoms with Crippen LogP contribution in [0.5, 0.6) is 0 Å². The Kier molecular flexibility index (Phi) is 3.55. The summed E-state index contributed by atoms with van der Waals surface area (Å²) >= 11 is 6.15. The summed E-state index contributed by atoms with van der Waals surface area (Å²) in [6, 6.07) is 5.48. The molecule has 1 spiro atoms. The van der Waals surface area contributed by atoms with Crippen LogP contribution in [-0.4, -0.2) is 46.9 Å². The van der Waals surface area contributed by atoms with E-state index in [2.05, 4.69) is 25.6 Å². The molecule has 6 fully saturated rings. The SMILES string of the molecule is O=C(O)[C@@H]1[C@@H](Nc2nc(-c3n[nH]c4ncc(Cl)cc34)nn3cccc23)[C@@H]2CC[C@]13C[C@H]2C3. The first-order valence-electron chi connectivity index (χ1n) is 10.9. The van der Waals surface area contributed by atoms with E-state index in [4.69, 9.17) is 16.6 Å². The number of H-pyrrole nitrogens is 1. The van der Waals surface area contributed by atoms with Crippen LogP contribution in [-0.2, 0) is 4.79 Å². The number of carboxylic acid groups (broad SMARTS) is 1. The molecule has 6 aliphatic carbocycles. The molecule has 0 amide bonds. The Bertz CT molecular complexity index is 1400. The molecule has 0 radical (unpaired) electrons. The number of fused-ring (bicyclic) bond motifs is 2. The Morgan fingerprint density at radius 1 is 1.38 bits per heavy atom. The van der Waals surface area contributed by atoms with Crippen molar-refractivity contribution < 1.29 is 9.90 Å². The van der Waals surface area contributed by atoms with E-state index in [9.17, 15) is 9.90 Å². The molecule has 3 atom stereocenters. The third kappa shape index (κ3) is 2.37. The van der Waals surface area contributed by atoms with Crippen molar-refractivity contribution in [2.45, 2.75) is 31.7 Å². The summed E-state index contributed by atoms with van der Waals surface area (Å²) in [6.07, 6.45) is 7.61. The number of halogens is 1. The van der Waals surface area contributed by atoms with E-state index in [1.165, 1.54) is 0 Å². The summed E-state index contributed by atoms with van der Waals surface area (Å²) in [5, 5.41) is 26.8. The molecular weight excluding hydrogens is 430 g/mol. The van der Waals surface area contributed by atoms with Crippen LogP contribution in [0.1, 0.15) is 25.7 Å². The fraction of sp³-hybridized carbons (Fsp3) is 0.409. The van der Waals surface area contributed by atoms with Gasteiger partial charge >= 0.3 is 5.97 Å². The molecule has 4 aromatic rings. The molecule has 10 heteroatoms. The van der Waals surface area contributed by atoms with Crippen molar-refractivity contribution in [3.05, 3.63) is 35.6 Å². The number of hydrogen-bond acceptors (Lipinski definition) is 6. The Morgan fingerprint density at radius 3 is 3.03 bits per heavy atom. The third-order valence-electron chi connectivity index (χ3n) is 7.95. The lowest BCUT2D eigenvalue weighted by Gasteiger charge is -2.67. The number of aromatic nitrogens is 6. The number of hydrogen-bond donors (Lipinski definition) is 3. The van der Waals surface area contributed by atoms with Crippen LogP contribution in [0.3, 0.4) is 0 Å². The number of nitrogens with zero attached hydrogens (tertiary/aromatic N) is 5. The quantitative estimate of drug-likeness (QED) is 0.435. The van der Waals surface area contributed by atoms with Crippen LogP contribution in [0, 0.1) is 23.2 Å². The fourth-order valence-corrected chi connectivity index (χ4v) is 6.80. The van der Waals surface area contributed by atoms with Gasteiger partial charge in [-0.05, 0) is 61.1 Å². The molecule has 6 aliphatic rings. The van der Waals surface area contributed by atoms with Gasteiger partial charge in [-0.2, -0.15) is 5.10 Å². The van der Waals surface area contributed by atoms with Gasteiger partial charge in [0, 0.05) is 18.4 Å². The van der Waals surface area contributed by atoms with E-state index in [1.54, 1.807) is 16.8 Å². The van der Waals surface area contributed by atoms with Gasteiger partial charge in [-0.25, -0.2) is 14.5 Å². The van der Waals surface area contributed by atoms with Crippen LogP contribution in [0.2, 0.25) is 5.02 Å². The molecule has 32 heavy (non-hydrogen) atoms. The van der Waals surface area contributed by atoms with Crippen molar-refractivity contribution in [3.8, 4) is 11.5 Å². The maximum Gasteiger partial charge on any atom is 0.309 e. The number of rotatable bonds is 4. The van der Waals surface area contributed by atoms with Gasteiger partial charge in [0.15, 0.2) is 11.5 Å². The van der Waals surface area contributed by atoms with Gasteiger partial charge in [-0.1, -0.05) is 11.6 Å². The van der Waals surface area contributed by atoms with Crippen molar-refractivity contribution in [2.75, 3.05) is 5.32 Å². The highest BCUT2D eigenvalue weighted by Gasteiger charge is 2.67. The minimum absolute atomic E-state index is 0.0577. The van der Waals surface area contributed by atoms with Crippen LogP contribution in [0.25, 0.3) is 28.1 Å². The molecule has 0 unspecified atom stereocenters. The topological polar surface area (TPSA) is 121 Å². The van der Waals surface area contributed by atoms with Crippen LogP contribution in [0.15, 0.2) is 30.6 Å². The van der Waals surface area contributed by atoms with Gasteiger partial charge in [-0.15, -0.1) is 5.10 Å². The van der Waals surface area contributed by atoms with Crippen LogP contribution < -0.4 is 5.32 Å². The highest BCUT2D eigenvalue weighted by atomic mass is 35.5. The summed E-state index contributed by atoms with van der Waals surface area (Å²) in [4.78, 5) is 21.4. The fourth-order valence-electron chi connectivity index (χ4n) is 6.64. The molecular formula is C22H20ClN7O2. The van der Waals surface area contributed by atoms with Gasteiger partial charge in [-0.3, -0.25) is 9.89 Å². The van der Waals surface area contributed by atoms with E-state index in [-0.39, 0.29) is 11.5 Å². The number of anilines is 1. The zero-order valence-corrected chi connectivity index (χ0v) is 17.8. The molecule has 3 N–H and O–H groups in total. The van der Waals surface area contributed by atoms with E-state index in [0.29, 0.717) is 39.8 Å². The number of pyridine rings is 1. The number of nitrogens with one attached hydrogen (secondary N) is 2. The van der Waals surface area contributed by atoms with Crippen molar-refractivity contribution in [2.24, 2.45) is 23.2 Å². The number of carbonyl (C=O) groups is 1. The summed E-state index contributed by atoms with van der Waals surface area (Å²) in [5.41, 5.74) is 1.90. The summed E-state index contributed by atoms with van der Waals surface area (Å²) in [5.74, 6) is 0.922. The standard InChI is InChI=1S/C22H20ClN7O2/c23-11-6-13-17(27-28-18(13)24-9-11)20-26-19(14-2-1-5-30(14)29-20)25-16-12-3-4-22(7-10(12)8-22)15(16)21(31)32/h1-2,5-6,9-10,12,15-16H,3-4,7-8H2,(H,31,32)(H,24,27,28)(H,25,26,29)/t10-,12-,15+,16+,22+/m1/s1. The number of aliphatic carboxylic acids is 1. The Hall–Kier alpha value is -3.20. The predicted molar refractivity (Wildman–Crippen MR) is 117 cm³/mol. The van der Waals surface area contributed by atoms with Crippen molar-refractivity contribution >= 4 is 39.9 Å². The second-order valence-corrected chi connectivity index (χ2v) is 9.90. The zero-order valence-electron chi connectivity index (χ0n) is 17.0. The molecule has 4 aromatic heterocycles. The highest BCUT2D eigenvalue weighted by Crippen LogP contribution is 2.69. The normalized spacial score (nSPS) is 30.5. The average molecular weight is 450 g/mol.